The Kier molecular flexibility index (Phi) is 6.82. The van der Waals surface area contributed by atoms with Gasteiger partial charge < -0.3 is 9.64 Å². The monoisotopic (exact) mass is 508 g/mol. The normalized spacial score (nSPS) is 21.4. The summed E-state index contributed by atoms with van der Waals surface area (Å²) in [5, 5.41) is 15.5. The molecule has 0 radical (unpaired) electrons. The molecule has 2 aliphatic rings. The van der Waals surface area contributed by atoms with Crippen LogP contribution in [-0.2, 0) is 15.6 Å². The fourth-order valence-electron chi connectivity index (χ4n) is 6.51. The van der Waals surface area contributed by atoms with Crippen LogP contribution in [-0.4, -0.2) is 76.5 Å². The van der Waals surface area contributed by atoms with E-state index >= 15 is 0 Å². The number of likely N-dealkylation sites (tertiary alicyclic amines) is 1. The van der Waals surface area contributed by atoms with E-state index in [1.807, 2.05) is 0 Å². The molecule has 1 N–H and O–H groups in total. The number of piperidine rings is 1. The molecule has 6 rings (SSSR count). The van der Waals surface area contributed by atoms with Crippen LogP contribution in [0.4, 0.5) is 0 Å². The Morgan fingerprint density at radius 1 is 0.895 bits per heavy atom. The number of H-pyrrole nitrogens is 1. The third kappa shape index (κ3) is 4.45. The minimum Gasteiger partial charge on any atom is -0.352 e. The lowest BCUT2D eigenvalue weighted by Crippen LogP contribution is -2.46. The first kappa shape index (κ1) is 24.9. The summed E-state index contributed by atoms with van der Waals surface area (Å²) in [5.41, 5.74) is 3.48. The van der Waals surface area contributed by atoms with Crippen molar-refractivity contribution in [1.29, 1.82) is 0 Å². The fourth-order valence-corrected chi connectivity index (χ4v) is 6.51. The van der Waals surface area contributed by atoms with Crippen molar-refractivity contribution < 1.29 is 4.74 Å². The molecule has 7 heteroatoms. The number of aromatic nitrogens is 4. The average molecular weight is 509 g/mol. The van der Waals surface area contributed by atoms with E-state index in [-0.39, 0.29) is 23.2 Å². The lowest BCUT2D eigenvalue weighted by Gasteiger charge is -2.42. The van der Waals surface area contributed by atoms with E-state index in [0.29, 0.717) is 0 Å². The molecule has 2 atom stereocenters. The van der Waals surface area contributed by atoms with Crippen LogP contribution in [0, 0.1) is 0 Å². The van der Waals surface area contributed by atoms with Crippen molar-refractivity contribution in [2.24, 2.45) is 0 Å². The first-order chi connectivity index (χ1) is 18.6. The SMILES string of the molecule is CN(C)C1OC1C(CCN1CCC(c2ccccc2)(c2nn[nH]n2)CC1)(c1ccccc1)c1ccccc1. The van der Waals surface area contributed by atoms with E-state index in [1.165, 1.54) is 16.7 Å². The lowest BCUT2D eigenvalue weighted by molar-refractivity contribution is 0.158. The zero-order valence-electron chi connectivity index (χ0n) is 22.2. The average Bonchev–Trinajstić information content (AvgIpc) is 3.60. The second kappa shape index (κ2) is 10.4. The molecule has 1 aromatic heterocycles. The summed E-state index contributed by atoms with van der Waals surface area (Å²) in [6.07, 6.45) is 3.12. The molecule has 2 fully saturated rings. The van der Waals surface area contributed by atoms with Crippen molar-refractivity contribution in [1.82, 2.24) is 30.4 Å². The number of epoxide rings is 1. The van der Waals surface area contributed by atoms with Gasteiger partial charge >= 0.3 is 0 Å². The van der Waals surface area contributed by atoms with Crippen LogP contribution in [0.2, 0.25) is 0 Å². The van der Waals surface area contributed by atoms with Crippen molar-refractivity contribution in [2.45, 2.75) is 42.4 Å². The standard InChI is InChI=1S/C31H36N6O/c1-36(2)28-27(38-28)31(25-14-8-4-9-15-25,26-16-10-5-11-17-26)20-23-37-21-18-30(19-22-37,29-32-34-35-33-29)24-12-6-3-7-13-24/h3-17,27-28H,18-23H2,1-2H3,(H,32,33,34,35). The van der Waals surface area contributed by atoms with Gasteiger partial charge in [-0.2, -0.15) is 5.21 Å². The van der Waals surface area contributed by atoms with Crippen LogP contribution >= 0.6 is 0 Å². The van der Waals surface area contributed by atoms with Crippen molar-refractivity contribution in [3.05, 3.63) is 114 Å². The fraction of sp³-hybridized carbons (Fsp3) is 0.387. The van der Waals surface area contributed by atoms with Gasteiger partial charge in [0.1, 0.15) is 12.3 Å². The molecule has 3 heterocycles. The number of hydrogen-bond donors (Lipinski definition) is 1. The minimum atomic E-state index is -0.223. The first-order valence-corrected chi connectivity index (χ1v) is 13.6. The zero-order chi connectivity index (χ0) is 26.0. The molecule has 0 bridgehead atoms. The van der Waals surface area contributed by atoms with Crippen LogP contribution in [0.5, 0.6) is 0 Å². The van der Waals surface area contributed by atoms with Crippen LogP contribution in [0.1, 0.15) is 41.8 Å². The number of aromatic amines is 1. The van der Waals surface area contributed by atoms with Gasteiger partial charge in [0.05, 0.1) is 10.8 Å². The maximum Gasteiger partial charge on any atom is 0.185 e. The Morgan fingerprint density at radius 2 is 1.47 bits per heavy atom. The van der Waals surface area contributed by atoms with E-state index < -0.39 is 0 Å². The molecule has 0 amide bonds. The molecule has 0 spiro atoms. The number of nitrogens with zero attached hydrogens (tertiary/aromatic N) is 5. The molecular formula is C31H36N6O. The van der Waals surface area contributed by atoms with Gasteiger partial charge in [-0.25, -0.2) is 0 Å². The van der Waals surface area contributed by atoms with Crippen molar-refractivity contribution in [3.63, 3.8) is 0 Å². The Labute approximate surface area is 224 Å². The first-order valence-electron chi connectivity index (χ1n) is 13.6. The summed E-state index contributed by atoms with van der Waals surface area (Å²) >= 11 is 0. The molecular weight excluding hydrogens is 472 g/mol. The minimum absolute atomic E-state index is 0.106. The van der Waals surface area contributed by atoms with E-state index in [2.05, 4.69) is 136 Å². The van der Waals surface area contributed by atoms with E-state index in [0.717, 1.165) is 44.7 Å². The van der Waals surface area contributed by atoms with Crippen LogP contribution in [0.3, 0.4) is 0 Å². The number of ether oxygens (including phenoxy) is 1. The van der Waals surface area contributed by atoms with E-state index in [9.17, 15) is 0 Å². The lowest BCUT2D eigenvalue weighted by atomic mass is 9.68. The number of rotatable bonds is 9. The molecule has 2 aliphatic heterocycles. The zero-order valence-corrected chi connectivity index (χ0v) is 22.2. The maximum absolute atomic E-state index is 6.41. The summed E-state index contributed by atoms with van der Waals surface area (Å²) < 4.78 is 6.41. The Balaban J connectivity index is 1.27. The number of likely N-dealkylation sites (N-methyl/N-ethyl adjacent to an activating group) is 1. The number of tetrazole rings is 1. The Morgan fingerprint density at radius 3 is 1.97 bits per heavy atom. The van der Waals surface area contributed by atoms with Crippen LogP contribution in [0.15, 0.2) is 91.0 Å². The summed E-state index contributed by atoms with van der Waals surface area (Å²) in [6.45, 7) is 2.94. The molecule has 4 aromatic rings. The highest BCUT2D eigenvalue weighted by Crippen LogP contribution is 2.49. The second-order valence-corrected chi connectivity index (χ2v) is 10.9. The maximum atomic E-state index is 6.41. The number of nitrogens with one attached hydrogen (secondary N) is 1. The molecule has 38 heavy (non-hydrogen) atoms. The largest absolute Gasteiger partial charge is 0.352 e. The molecule has 2 unspecified atom stereocenters. The van der Waals surface area contributed by atoms with Crippen LogP contribution in [0.25, 0.3) is 0 Å². The van der Waals surface area contributed by atoms with Crippen molar-refractivity contribution in [3.8, 4) is 0 Å². The predicted octanol–water partition coefficient (Wildman–Crippen LogP) is 4.24. The van der Waals surface area contributed by atoms with Gasteiger partial charge in [0.25, 0.3) is 0 Å². The van der Waals surface area contributed by atoms with E-state index in [4.69, 9.17) is 4.74 Å². The summed E-state index contributed by atoms with van der Waals surface area (Å²) in [7, 11) is 4.22. The topological polar surface area (TPSA) is 73.5 Å². The van der Waals surface area contributed by atoms with E-state index in [1.54, 1.807) is 0 Å². The predicted molar refractivity (Wildman–Crippen MR) is 148 cm³/mol. The quantitative estimate of drug-likeness (QED) is 0.341. The van der Waals surface area contributed by atoms with Crippen molar-refractivity contribution >= 4 is 0 Å². The van der Waals surface area contributed by atoms with Gasteiger partial charge in [0, 0.05) is 0 Å². The smallest absolute Gasteiger partial charge is 0.185 e. The van der Waals surface area contributed by atoms with Gasteiger partial charge in [-0.15, -0.1) is 10.2 Å². The summed E-state index contributed by atoms with van der Waals surface area (Å²) in [5.74, 6) is 0.798. The van der Waals surface area contributed by atoms with Crippen molar-refractivity contribution in [2.75, 3.05) is 33.7 Å². The highest BCUT2D eigenvalue weighted by molar-refractivity contribution is 5.43. The highest BCUT2D eigenvalue weighted by Gasteiger charge is 2.57. The number of benzene rings is 3. The van der Waals surface area contributed by atoms with Gasteiger partial charge in [-0.3, -0.25) is 4.90 Å². The Hall–Kier alpha value is -3.39. The Bertz CT molecular complexity index is 1250. The molecule has 7 nitrogen and oxygen atoms in total. The molecule has 0 aliphatic carbocycles. The molecule has 196 valence electrons. The molecule has 3 aromatic carbocycles. The third-order valence-corrected chi connectivity index (χ3v) is 8.67. The molecule has 0 saturated carbocycles. The molecule has 2 saturated heterocycles. The summed E-state index contributed by atoms with van der Waals surface area (Å²) in [6, 6.07) is 32.6. The van der Waals surface area contributed by atoms with Crippen LogP contribution < -0.4 is 0 Å². The van der Waals surface area contributed by atoms with Gasteiger partial charge in [-0.1, -0.05) is 96.2 Å². The number of hydrogen-bond acceptors (Lipinski definition) is 6. The van der Waals surface area contributed by atoms with Gasteiger partial charge in [0.2, 0.25) is 0 Å². The third-order valence-electron chi connectivity index (χ3n) is 8.67. The van der Waals surface area contributed by atoms with Gasteiger partial charge in [-0.05, 0) is 69.7 Å². The second-order valence-electron chi connectivity index (χ2n) is 10.9. The van der Waals surface area contributed by atoms with Gasteiger partial charge in [0.15, 0.2) is 5.82 Å². The highest BCUT2D eigenvalue weighted by atomic mass is 16.6. The summed E-state index contributed by atoms with van der Waals surface area (Å²) in [4.78, 5) is 4.81.